The number of carbonyl (C=O) groups excluding carboxylic acids is 1. The van der Waals surface area contributed by atoms with Crippen LogP contribution in [0.5, 0.6) is 0 Å². The van der Waals surface area contributed by atoms with Crippen molar-refractivity contribution in [1.29, 1.82) is 0 Å². The van der Waals surface area contributed by atoms with Crippen LogP contribution < -0.4 is 5.46 Å². The molecular weight excluding hydrogens is 265 g/mol. The summed E-state index contributed by atoms with van der Waals surface area (Å²) in [7, 11) is 1.42. The first-order valence-electron chi connectivity index (χ1n) is 7.45. The molecule has 1 aromatic rings. The SMILES string of the molecule is CN1CCc2ccc(B3OC(C)(C)C(C)(C)O3)cc2C1=O. The molecule has 1 fully saturated rings. The zero-order chi connectivity index (χ0) is 15.4. The summed E-state index contributed by atoms with van der Waals surface area (Å²) in [4.78, 5) is 14.0. The van der Waals surface area contributed by atoms with Crippen LogP contribution in [0, 0.1) is 0 Å². The summed E-state index contributed by atoms with van der Waals surface area (Å²) in [6.07, 6.45) is 0.904. The topological polar surface area (TPSA) is 38.8 Å². The van der Waals surface area contributed by atoms with Crippen LogP contribution >= 0.6 is 0 Å². The Balaban J connectivity index is 1.94. The molecule has 112 valence electrons. The third-order valence-electron chi connectivity index (χ3n) is 4.95. The van der Waals surface area contributed by atoms with E-state index < -0.39 is 7.12 Å². The fourth-order valence-electron chi connectivity index (χ4n) is 2.73. The maximum absolute atomic E-state index is 12.3. The van der Waals surface area contributed by atoms with Crippen molar-refractivity contribution < 1.29 is 14.1 Å². The van der Waals surface area contributed by atoms with Gasteiger partial charge in [-0.15, -0.1) is 0 Å². The molecule has 5 heteroatoms. The van der Waals surface area contributed by atoms with Gasteiger partial charge in [0.15, 0.2) is 0 Å². The molecule has 21 heavy (non-hydrogen) atoms. The van der Waals surface area contributed by atoms with Crippen molar-refractivity contribution in [1.82, 2.24) is 4.90 Å². The van der Waals surface area contributed by atoms with Gasteiger partial charge in [0.05, 0.1) is 11.2 Å². The third kappa shape index (κ3) is 2.28. The smallest absolute Gasteiger partial charge is 0.399 e. The Labute approximate surface area is 126 Å². The summed E-state index contributed by atoms with van der Waals surface area (Å²) in [6, 6.07) is 5.97. The Kier molecular flexibility index (Phi) is 3.19. The van der Waals surface area contributed by atoms with Crippen molar-refractivity contribution >= 4 is 18.5 Å². The number of rotatable bonds is 1. The molecule has 0 saturated carbocycles. The van der Waals surface area contributed by atoms with Crippen LogP contribution in [-0.4, -0.2) is 42.7 Å². The van der Waals surface area contributed by atoms with Crippen molar-refractivity contribution in [2.24, 2.45) is 0 Å². The lowest BCUT2D eigenvalue weighted by molar-refractivity contribution is 0.00578. The van der Waals surface area contributed by atoms with Crippen LogP contribution in [0.25, 0.3) is 0 Å². The van der Waals surface area contributed by atoms with Gasteiger partial charge in [0.25, 0.3) is 5.91 Å². The molecule has 2 aliphatic rings. The van der Waals surface area contributed by atoms with Crippen LogP contribution in [0.3, 0.4) is 0 Å². The average Bonchev–Trinajstić information content (AvgIpc) is 2.63. The molecule has 2 heterocycles. The van der Waals surface area contributed by atoms with Crippen LogP contribution in [-0.2, 0) is 15.7 Å². The minimum Gasteiger partial charge on any atom is -0.399 e. The fraction of sp³-hybridized carbons (Fsp3) is 0.562. The van der Waals surface area contributed by atoms with Gasteiger partial charge in [-0.1, -0.05) is 12.1 Å². The number of likely N-dealkylation sites (N-methyl/N-ethyl adjacent to an activating group) is 1. The number of hydrogen-bond donors (Lipinski definition) is 0. The molecule has 1 aromatic carbocycles. The molecule has 0 N–H and O–H groups in total. The highest BCUT2D eigenvalue weighted by atomic mass is 16.7. The normalized spacial score (nSPS) is 23.4. The van der Waals surface area contributed by atoms with Gasteiger partial charge in [0.2, 0.25) is 0 Å². The quantitative estimate of drug-likeness (QED) is 0.737. The highest BCUT2D eigenvalue weighted by Crippen LogP contribution is 2.36. The molecule has 0 atom stereocenters. The molecule has 4 nitrogen and oxygen atoms in total. The average molecular weight is 287 g/mol. The molecule has 0 unspecified atom stereocenters. The van der Waals surface area contributed by atoms with Crippen molar-refractivity contribution in [3.8, 4) is 0 Å². The molecule has 0 bridgehead atoms. The fourth-order valence-corrected chi connectivity index (χ4v) is 2.73. The van der Waals surface area contributed by atoms with E-state index in [1.807, 2.05) is 52.9 Å². The van der Waals surface area contributed by atoms with Gasteiger partial charge in [-0.2, -0.15) is 0 Å². The second-order valence-corrected chi connectivity index (χ2v) is 6.98. The van der Waals surface area contributed by atoms with E-state index >= 15 is 0 Å². The van der Waals surface area contributed by atoms with E-state index in [2.05, 4.69) is 0 Å². The highest BCUT2D eigenvalue weighted by molar-refractivity contribution is 6.62. The zero-order valence-electron chi connectivity index (χ0n) is 13.4. The van der Waals surface area contributed by atoms with E-state index in [0.29, 0.717) is 0 Å². The molecule has 1 amide bonds. The van der Waals surface area contributed by atoms with Crippen LogP contribution in [0.1, 0.15) is 43.6 Å². The monoisotopic (exact) mass is 287 g/mol. The summed E-state index contributed by atoms with van der Waals surface area (Å²) in [5.41, 5.74) is 2.06. The van der Waals surface area contributed by atoms with Crippen LogP contribution in [0.2, 0.25) is 0 Å². The first-order chi connectivity index (χ1) is 9.71. The minimum absolute atomic E-state index is 0.0783. The molecular formula is C16H22BNO3. The van der Waals surface area contributed by atoms with Crippen LogP contribution in [0.15, 0.2) is 18.2 Å². The Bertz CT molecular complexity index is 581. The molecule has 0 radical (unpaired) electrons. The molecule has 0 aromatic heterocycles. The van der Waals surface area contributed by atoms with E-state index in [4.69, 9.17) is 9.31 Å². The standard InChI is InChI=1S/C16H22BNO3/c1-15(2)16(3,4)21-17(20-15)12-7-6-11-8-9-18(5)14(19)13(11)10-12/h6-7,10H,8-9H2,1-5H3. The summed E-state index contributed by atoms with van der Waals surface area (Å²) < 4.78 is 12.1. The second kappa shape index (κ2) is 4.58. The molecule has 3 rings (SSSR count). The Morgan fingerprint density at radius 1 is 1.14 bits per heavy atom. The number of carbonyl (C=O) groups is 1. The predicted octanol–water partition coefficient (Wildman–Crippen LogP) is 1.61. The van der Waals surface area contributed by atoms with Crippen molar-refractivity contribution in [2.45, 2.75) is 45.3 Å². The molecule has 0 spiro atoms. The predicted molar refractivity (Wildman–Crippen MR) is 82.8 cm³/mol. The lowest BCUT2D eigenvalue weighted by Crippen LogP contribution is -2.41. The maximum atomic E-state index is 12.3. The zero-order valence-corrected chi connectivity index (χ0v) is 13.4. The largest absolute Gasteiger partial charge is 0.494 e. The first-order valence-corrected chi connectivity index (χ1v) is 7.45. The first kappa shape index (κ1) is 14.6. The second-order valence-electron chi connectivity index (χ2n) is 6.98. The van der Waals surface area contributed by atoms with E-state index in [-0.39, 0.29) is 17.1 Å². The number of hydrogen-bond acceptors (Lipinski definition) is 3. The van der Waals surface area contributed by atoms with Gasteiger partial charge in [0, 0.05) is 19.2 Å². The van der Waals surface area contributed by atoms with Gasteiger partial charge in [-0.3, -0.25) is 4.79 Å². The number of benzene rings is 1. The summed E-state index contributed by atoms with van der Waals surface area (Å²) >= 11 is 0. The maximum Gasteiger partial charge on any atom is 0.494 e. The van der Waals surface area contributed by atoms with E-state index in [0.717, 1.165) is 29.6 Å². The lowest BCUT2D eigenvalue weighted by Gasteiger charge is -2.32. The number of nitrogens with zero attached hydrogens (tertiary/aromatic N) is 1. The van der Waals surface area contributed by atoms with Crippen molar-refractivity contribution in [3.63, 3.8) is 0 Å². The van der Waals surface area contributed by atoms with E-state index in [1.54, 1.807) is 4.90 Å². The molecule has 2 aliphatic heterocycles. The number of amides is 1. The Morgan fingerprint density at radius 2 is 1.76 bits per heavy atom. The van der Waals surface area contributed by atoms with Crippen molar-refractivity contribution in [2.75, 3.05) is 13.6 Å². The van der Waals surface area contributed by atoms with Crippen molar-refractivity contribution in [3.05, 3.63) is 29.3 Å². The Morgan fingerprint density at radius 3 is 2.38 bits per heavy atom. The van der Waals surface area contributed by atoms with Gasteiger partial charge < -0.3 is 14.2 Å². The van der Waals surface area contributed by atoms with Gasteiger partial charge in [-0.25, -0.2) is 0 Å². The van der Waals surface area contributed by atoms with Crippen LogP contribution in [0.4, 0.5) is 0 Å². The Hall–Kier alpha value is -1.33. The summed E-state index contributed by atoms with van der Waals surface area (Å²) in [5.74, 6) is 0.0783. The van der Waals surface area contributed by atoms with Gasteiger partial charge in [-0.05, 0) is 51.2 Å². The lowest BCUT2D eigenvalue weighted by atomic mass is 9.77. The molecule has 0 aliphatic carbocycles. The summed E-state index contributed by atoms with van der Waals surface area (Å²) in [6.45, 7) is 8.91. The van der Waals surface area contributed by atoms with E-state index in [9.17, 15) is 4.79 Å². The molecule has 1 saturated heterocycles. The minimum atomic E-state index is -0.416. The number of fused-ring (bicyclic) bond motifs is 1. The van der Waals surface area contributed by atoms with Gasteiger partial charge >= 0.3 is 7.12 Å². The summed E-state index contributed by atoms with van der Waals surface area (Å²) in [5, 5.41) is 0. The highest BCUT2D eigenvalue weighted by Gasteiger charge is 2.51. The third-order valence-corrected chi connectivity index (χ3v) is 4.95. The van der Waals surface area contributed by atoms with E-state index in [1.165, 1.54) is 0 Å². The van der Waals surface area contributed by atoms with Gasteiger partial charge in [0.1, 0.15) is 0 Å².